The summed E-state index contributed by atoms with van der Waals surface area (Å²) in [4.78, 5) is 11.0. The number of carbonyl (C=O) groups is 1. The standard InChI is InChI=1S/C10H11BrClNO2/c1-15-10(14)5-9(13)7-3-2-6(12)4-8(7)11/h2-4,9H,5,13H2,1H3. The van der Waals surface area contributed by atoms with Crippen molar-refractivity contribution in [2.45, 2.75) is 12.5 Å². The van der Waals surface area contributed by atoms with Gasteiger partial charge in [-0.25, -0.2) is 0 Å². The van der Waals surface area contributed by atoms with E-state index in [0.717, 1.165) is 10.0 Å². The number of esters is 1. The van der Waals surface area contributed by atoms with Crippen LogP contribution in [0.25, 0.3) is 0 Å². The molecule has 1 aromatic rings. The maximum atomic E-state index is 11.0. The second kappa shape index (κ2) is 5.49. The lowest BCUT2D eigenvalue weighted by molar-refractivity contribution is -0.141. The molecule has 0 aliphatic rings. The van der Waals surface area contributed by atoms with E-state index < -0.39 is 0 Å². The van der Waals surface area contributed by atoms with Gasteiger partial charge in [0, 0.05) is 15.5 Å². The molecule has 0 bridgehead atoms. The molecule has 0 aliphatic carbocycles. The van der Waals surface area contributed by atoms with Gasteiger partial charge in [0.1, 0.15) is 0 Å². The summed E-state index contributed by atoms with van der Waals surface area (Å²) >= 11 is 9.14. The van der Waals surface area contributed by atoms with Crippen LogP contribution in [-0.4, -0.2) is 13.1 Å². The number of rotatable bonds is 3. The van der Waals surface area contributed by atoms with E-state index in [4.69, 9.17) is 17.3 Å². The van der Waals surface area contributed by atoms with Gasteiger partial charge in [0.15, 0.2) is 0 Å². The molecule has 0 fully saturated rings. The van der Waals surface area contributed by atoms with Gasteiger partial charge in [-0.15, -0.1) is 0 Å². The highest BCUT2D eigenvalue weighted by atomic mass is 79.9. The van der Waals surface area contributed by atoms with Gasteiger partial charge in [-0.05, 0) is 17.7 Å². The van der Waals surface area contributed by atoms with Gasteiger partial charge in [-0.2, -0.15) is 0 Å². The lowest BCUT2D eigenvalue weighted by atomic mass is 10.1. The van der Waals surface area contributed by atoms with E-state index in [2.05, 4.69) is 20.7 Å². The van der Waals surface area contributed by atoms with E-state index in [9.17, 15) is 4.79 Å². The first-order valence-electron chi connectivity index (χ1n) is 4.32. The molecule has 1 aromatic carbocycles. The molecular formula is C10H11BrClNO2. The van der Waals surface area contributed by atoms with Crippen LogP contribution in [0, 0.1) is 0 Å². The average molecular weight is 293 g/mol. The summed E-state index contributed by atoms with van der Waals surface area (Å²) in [6, 6.07) is 4.89. The fourth-order valence-electron chi connectivity index (χ4n) is 1.18. The second-order valence-electron chi connectivity index (χ2n) is 3.05. The molecule has 0 amide bonds. The predicted octanol–water partition coefficient (Wildman–Crippen LogP) is 2.67. The SMILES string of the molecule is COC(=O)CC(N)c1ccc(Cl)cc1Br. The van der Waals surface area contributed by atoms with E-state index in [0.29, 0.717) is 5.02 Å². The summed E-state index contributed by atoms with van der Waals surface area (Å²) in [5.41, 5.74) is 6.69. The summed E-state index contributed by atoms with van der Waals surface area (Å²) < 4.78 is 5.34. The first-order chi connectivity index (χ1) is 7.04. The van der Waals surface area contributed by atoms with Crippen molar-refractivity contribution in [3.63, 3.8) is 0 Å². The molecule has 3 nitrogen and oxygen atoms in total. The minimum absolute atomic E-state index is 0.150. The first-order valence-corrected chi connectivity index (χ1v) is 5.49. The normalized spacial score (nSPS) is 12.3. The minimum Gasteiger partial charge on any atom is -0.469 e. The van der Waals surface area contributed by atoms with Gasteiger partial charge in [0.05, 0.1) is 13.5 Å². The van der Waals surface area contributed by atoms with Gasteiger partial charge < -0.3 is 10.5 Å². The Balaban J connectivity index is 2.82. The molecule has 0 radical (unpaired) electrons. The zero-order chi connectivity index (χ0) is 11.4. The summed E-state index contributed by atoms with van der Waals surface area (Å²) in [5, 5.41) is 0.621. The van der Waals surface area contributed by atoms with Crippen LogP contribution in [0.3, 0.4) is 0 Å². The molecule has 0 spiro atoms. The Labute approximate surface area is 102 Å². The highest BCUT2D eigenvalue weighted by Gasteiger charge is 2.14. The Morgan fingerprint density at radius 2 is 2.33 bits per heavy atom. The number of hydrogen-bond acceptors (Lipinski definition) is 3. The third-order valence-electron chi connectivity index (χ3n) is 1.98. The number of benzene rings is 1. The molecule has 82 valence electrons. The average Bonchev–Trinajstić information content (AvgIpc) is 2.17. The zero-order valence-corrected chi connectivity index (χ0v) is 10.5. The number of halogens is 2. The van der Waals surface area contributed by atoms with Crippen molar-refractivity contribution in [3.05, 3.63) is 33.3 Å². The van der Waals surface area contributed by atoms with Gasteiger partial charge in [0.2, 0.25) is 0 Å². The van der Waals surface area contributed by atoms with Crippen LogP contribution >= 0.6 is 27.5 Å². The van der Waals surface area contributed by atoms with Crippen LogP contribution in [0.15, 0.2) is 22.7 Å². The fraction of sp³-hybridized carbons (Fsp3) is 0.300. The van der Waals surface area contributed by atoms with Crippen molar-refractivity contribution in [2.75, 3.05) is 7.11 Å². The number of carbonyl (C=O) groups excluding carboxylic acids is 1. The lowest BCUT2D eigenvalue weighted by Gasteiger charge is -2.12. The minimum atomic E-state index is -0.385. The van der Waals surface area contributed by atoms with Crippen LogP contribution in [0.2, 0.25) is 5.02 Å². The quantitative estimate of drug-likeness (QED) is 0.871. The van der Waals surface area contributed by atoms with Crippen molar-refractivity contribution in [1.82, 2.24) is 0 Å². The van der Waals surface area contributed by atoms with Gasteiger partial charge in [0.25, 0.3) is 0 Å². The van der Waals surface area contributed by atoms with E-state index in [1.165, 1.54) is 7.11 Å². The number of nitrogens with two attached hydrogens (primary N) is 1. The largest absolute Gasteiger partial charge is 0.469 e. The van der Waals surface area contributed by atoms with E-state index in [-0.39, 0.29) is 18.4 Å². The number of hydrogen-bond donors (Lipinski definition) is 1. The second-order valence-corrected chi connectivity index (χ2v) is 4.34. The highest BCUT2D eigenvalue weighted by molar-refractivity contribution is 9.10. The molecular weight excluding hydrogens is 281 g/mol. The zero-order valence-electron chi connectivity index (χ0n) is 8.17. The van der Waals surface area contributed by atoms with Crippen molar-refractivity contribution in [3.8, 4) is 0 Å². The highest BCUT2D eigenvalue weighted by Crippen LogP contribution is 2.27. The van der Waals surface area contributed by atoms with Gasteiger partial charge in [-0.1, -0.05) is 33.6 Å². The Morgan fingerprint density at radius 1 is 1.67 bits per heavy atom. The van der Waals surface area contributed by atoms with Crippen LogP contribution in [0.5, 0.6) is 0 Å². The molecule has 0 saturated heterocycles. The monoisotopic (exact) mass is 291 g/mol. The molecule has 1 rings (SSSR count). The first kappa shape index (κ1) is 12.5. The summed E-state index contributed by atoms with van der Waals surface area (Å²) in [6.45, 7) is 0. The van der Waals surface area contributed by atoms with Crippen molar-refractivity contribution in [1.29, 1.82) is 0 Å². The Hall–Kier alpha value is -0.580. The van der Waals surface area contributed by atoms with Crippen molar-refractivity contribution < 1.29 is 9.53 Å². The number of methoxy groups -OCH3 is 1. The van der Waals surface area contributed by atoms with Crippen molar-refractivity contribution in [2.24, 2.45) is 5.73 Å². The number of ether oxygens (including phenoxy) is 1. The smallest absolute Gasteiger partial charge is 0.307 e. The van der Waals surface area contributed by atoms with E-state index in [1.54, 1.807) is 18.2 Å². The van der Waals surface area contributed by atoms with Gasteiger partial charge >= 0.3 is 5.97 Å². The fourth-order valence-corrected chi connectivity index (χ4v) is 2.15. The van der Waals surface area contributed by atoms with Gasteiger partial charge in [-0.3, -0.25) is 4.79 Å². The molecule has 5 heteroatoms. The maximum absolute atomic E-state index is 11.0. The molecule has 0 aliphatic heterocycles. The van der Waals surface area contributed by atoms with E-state index >= 15 is 0 Å². The topological polar surface area (TPSA) is 52.3 Å². The van der Waals surface area contributed by atoms with Crippen LogP contribution in [0.4, 0.5) is 0 Å². The van der Waals surface area contributed by atoms with E-state index in [1.807, 2.05) is 0 Å². The van der Waals surface area contributed by atoms with Crippen LogP contribution in [0.1, 0.15) is 18.0 Å². The summed E-state index contributed by atoms with van der Waals surface area (Å²) in [6.07, 6.45) is 0.150. The molecule has 0 heterocycles. The predicted molar refractivity (Wildman–Crippen MR) is 62.7 cm³/mol. The Morgan fingerprint density at radius 3 is 2.87 bits per heavy atom. The molecule has 0 aromatic heterocycles. The Bertz CT molecular complexity index is 370. The van der Waals surface area contributed by atoms with Crippen LogP contribution in [-0.2, 0) is 9.53 Å². The Kier molecular flexibility index (Phi) is 4.57. The molecule has 0 saturated carbocycles. The lowest BCUT2D eigenvalue weighted by Crippen LogP contribution is -2.16. The maximum Gasteiger partial charge on any atom is 0.307 e. The third kappa shape index (κ3) is 3.48. The molecule has 15 heavy (non-hydrogen) atoms. The third-order valence-corrected chi connectivity index (χ3v) is 2.90. The van der Waals surface area contributed by atoms with Crippen LogP contribution < -0.4 is 5.73 Å². The summed E-state index contributed by atoms with van der Waals surface area (Å²) in [5.74, 6) is -0.329. The summed E-state index contributed by atoms with van der Waals surface area (Å²) in [7, 11) is 1.34. The molecule has 1 unspecified atom stereocenters. The molecule has 2 N–H and O–H groups in total. The molecule has 1 atom stereocenters. The van der Waals surface area contributed by atoms with Crippen molar-refractivity contribution >= 4 is 33.5 Å².